The van der Waals surface area contributed by atoms with Gasteiger partial charge in [0.25, 0.3) is 0 Å². The summed E-state index contributed by atoms with van der Waals surface area (Å²) in [5, 5.41) is 0. The Morgan fingerprint density at radius 2 is 2.00 bits per heavy atom. The molecular weight excluding hydrogens is 124 g/mol. The molecule has 1 saturated heterocycles. The fraction of sp³-hybridized carbons (Fsp3) is 1.00. The van der Waals surface area contributed by atoms with E-state index in [0.717, 1.165) is 5.92 Å². The lowest BCUT2D eigenvalue weighted by atomic mass is 9.86. The maximum atomic E-state index is 5.77. The Morgan fingerprint density at radius 1 is 1.20 bits per heavy atom. The number of ether oxygens (including phenoxy) is 1. The molecule has 1 aliphatic carbocycles. The van der Waals surface area contributed by atoms with Crippen LogP contribution in [0.15, 0.2) is 0 Å². The van der Waals surface area contributed by atoms with Crippen molar-refractivity contribution >= 4 is 0 Å². The molecular formula is C9H16O. The predicted molar refractivity (Wildman–Crippen MR) is 40.9 cm³/mol. The van der Waals surface area contributed by atoms with Crippen molar-refractivity contribution < 1.29 is 4.74 Å². The van der Waals surface area contributed by atoms with E-state index in [4.69, 9.17) is 4.74 Å². The minimum atomic E-state index is 0.549. The Kier molecular flexibility index (Phi) is 1.69. The number of fused-ring (bicyclic) bond motifs is 1. The van der Waals surface area contributed by atoms with Gasteiger partial charge in [0, 0.05) is 0 Å². The van der Waals surface area contributed by atoms with Crippen LogP contribution in [0.25, 0.3) is 0 Å². The molecule has 3 atom stereocenters. The number of rotatable bonds is 0. The summed E-state index contributed by atoms with van der Waals surface area (Å²) in [6.45, 7) is 2.21. The molecule has 58 valence electrons. The zero-order chi connectivity index (χ0) is 6.97. The van der Waals surface area contributed by atoms with E-state index in [2.05, 4.69) is 6.92 Å². The van der Waals surface area contributed by atoms with E-state index in [1.54, 1.807) is 0 Å². The van der Waals surface area contributed by atoms with Gasteiger partial charge in [-0.05, 0) is 32.1 Å². The van der Waals surface area contributed by atoms with Gasteiger partial charge < -0.3 is 4.74 Å². The van der Waals surface area contributed by atoms with Crippen LogP contribution in [0.2, 0.25) is 0 Å². The van der Waals surface area contributed by atoms with Gasteiger partial charge in [0.05, 0.1) is 12.2 Å². The molecule has 1 aliphatic heterocycles. The monoisotopic (exact) mass is 140 g/mol. The van der Waals surface area contributed by atoms with Crippen molar-refractivity contribution in [2.45, 2.75) is 51.2 Å². The maximum absolute atomic E-state index is 5.77. The van der Waals surface area contributed by atoms with Crippen molar-refractivity contribution in [1.82, 2.24) is 0 Å². The fourth-order valence-electron chi connectivity index (χ4n) is 2.40. The quantitative estimate of drug-likeness (QED) is 0.502. The van der Waals surface area contributed by atoms with Crippen LogP contribution in [0.4, 0.5) is 0 Å². The molecule has 0 radical (unpaired) electrons. The van der Waals surface area contributed by atoms with E-state index in [-0.39, 0.29) is 0 Å². The summed E-state index contributed by atoms with van der Waals surface area (Å²) in [4.78, 5) is 0. The maximum Gasteiger partial charge on any atom is 0.0607 e. The van der Waals surface area contributed by atoms with E-state index in [1.807, 2.05) is 0 Å². The molecule has 0 aromatic carbocycles. The highest BCUT2D eigenvalue weighted by Gasteiger charge is 2.34. The fourth-order valence-corrected chi connectivity index (χ4v) is 2.40. The SMILES string of the molecule is C[C@@H]1C[C@H]2CCCC[C@@H]2O1. The molecule has 2 fully saturated rings. The largest absolute Gasteiger partial charge is 0.375 e. The minimum Gasteiger partial charge on any atom is -0.375 e. The number of hydrogen-bond acceptors (Lipinski definition) is 1. The van der Waals surface area contributed by atoms with Gasteiger partial charge in [-0.2, -0.15) is 0 Å². The molecule has 0 aromatic heterocycles. The number of hydrogen-bond donors (Lipinski definition) is 0. The van der Waals surface area contributed by atoms with E-state index >= 15 is 0 Å². The third-order valence-corrected chi connectivity index (χ3v) is 2.88. The average Bonchev–Trinajstić information content (AvgIpc) is 2.27. The standard InChI is InChI=1S/C9H16O/c1-7-6-8-4-2-3-5-9(8)10-7/h7-9H,2-6H2,1H3/t7-,8-,9+/m1/s1. The van der Waals surface area contributed by atoms with Crippen LogP contribution in [0.3, 0.4) is 0 Å². The summed E-state index contributed by atoms with van der Waals surface area (Å²) in [6, 6.07) is 0. The van der Waals surface area contributed by atoms with Crippen molar-refractivity contribution in [1.29, 1.82) is 0 Å². The van der Waals surface area contributed by atoms with Crippen LogP contribution in [0, 0.1) is 5.92 Å². The van der Waals surface area contributed by atoms with Crippen molar-refractivity contribution in [2.75, 3.05) is 0 Å². The van der Waals surface area contributed by atoms with Gasteiger partial charge in [0.1, 0.15) is 0 Å². The molecule has 0 bridgehead atoms. The lowest BCUT2D eigenvalue weighted by Crippen LogP contribution is -2.19. The zero-order valence-corrected chi connectivity index (χ0v) is 6.68. The van der Waals surface area contributed by atoms with Crippen molar-refractivity contribution in [2.24, 2.45) is 5.92 Å². The summed E-state index contributed by atoms with van der Waals surface area (Å²) in [7, 11) is 0. The Balaban J connectivity index is 1.97. The van der Waals surface area contributed by atoms with Crippen LogP contribution < -0.4 is 0 Å². The smallest absolute Gasteiger partial charge is 0.0607 e. The molecule has 1 nitrogen and oxygen atoms in total. The first kappa shape index (κ1) is 6.66. The molecule has 0 amide bonds. The van der Waals surface area contributed by atoms with Crippen molar-refractivity contribution in [3.05, 3.63) is 0 Å². The Labute approximate surface area is 62.8 Å². The van der Waals surface area contributed by atoms with Crippen LogP contribution in [0.1, 0.15) is 39.0 Å². The average molecular weight is 140 g/mol. The van der Waals surface area contributed by atoms with Crippen molar-refractivity contribution in [3.63, 3.8) is 0 Å². The first-order valence-corrected chi connectivity index (χ1v) is 4.52. The second-order valence-electron chi connectivity index (χ2n) is 3.77. The molecule has 1 heteroatoms. The summed E-state index contributed by atoms with van der Waals surface area (Å²) in [6.07, 6.45) is 8.11. The normalized spacial score (nSPS) is 47.1. The Morgan fingerprint density at radius 3 is 2.80 bits per heavy atom. The van der Waals surface area contributed by atoms with Gasteiger partial charge in [-0.25, -0.2) is 0 Å². The molecule has 2 aliphatic rings. The van der Waals surface area contributed by atoms with Crippen LogP contribution >= 0.6 is 0 Å². The molecule has 0 spiro atoms. The third kappa shape index (κ3) is 1.07. The van der Waals surface area contributed by atoms with Crippen LogP contribution in [-0.4, -0.2) is 12.2 Å². The van der Waals surface area contributed by atoms with Crippen LogP contribution in [-0.2, 0) is 4.74 Å². The van der Waals surface area contributed by atoms with Gasteiger partial charge in [0.15, 0.2) is 0 Å². The highest BCUT2D eigenvalue weighted by molar-refractivity contribution is 4.83. The first-order valence-electron chi connectivity index (χ1n) is 4.52. The molecule has 2 rings (SSSR count). The topological polar surface area (TPSA) is 9.23 Å². The molecule has 10 heavy (non-hydrogen) atoms. The van der Waals surface area contributed by atoms with E-state index < -0.39 is 0 Å². The van der Waals surface area contributed by atoms with Gasteiger partial charge in [-0.1, -0.05) is 12.8 Å². The summed E-state index contributed by atoms with van der Waals surface area (Å²) in [5.41, 5.74) is 0. The second-order valence-corrected chi connectivity index (χ2v) is 3.77. The molecule has 0 aromatic rings. The van der Waals surface area contributed by atoms with Crippen LogP contribution in [0.5, 0.6) is 0 Å². The van der Waals surface area contributed by atoms with Crippen molar-refractivity contribution in [3.8, 4) is 0 Å². The summed E-state index contributed by atoms with van der Waals surface area (Å²) >= 11 is 0. The summed E-state index contributed by atoms with van der Waals surface area (Å²) < 4.78 is 5.77. The van der Waals surface area contributed by atoms with Gasteiger partial charge in [-0.3, -0.25) is 0 Å². The second kappa shape index (κ2) is 2.54. The van der Waals surface area contributed by atoms with E-state index in [0.29, 0.717) is 12.2 Å². The minimum absolute atomic E-state index is 0.549. The molecule has 0 N–H and O–H groups in total. The van der Waals surface area contributed by atoms with Gasteiger partial charge >= 0.3 is 0 Å². The molecule has 1 saturated carbocycles. The highest BCUT2D eigenvalue weighted by Crippen LogP contribution is 2.36. The zero-order valence-electron chi connectivity index (χ0n) is 6.68. The van der Waals surface area contributed by atoms with Gasteiger partial charge in [-0.15, -0.1) is 0 Å². The van der Waals surface area contributed by atoms with Gasteiger partial charge in [0.2, 0.25) is 0 Å². The lowest BCUT2D eigenvalue weighted by molar-refractivity contribution is 0.0272. The highest BCUT2D eigenvalue weighted by atomic mass is 16.5. The van der Waals surface area contributed by atoms with E-state index in [9.17, 15) is 0 Å². The Hall–Kier alpha value is -0.0400. The molecule has 1 heterocycles. The van der Waals surface area contributed by atoms with E-state index in [1.165, 1.54) is 32.1 Å². The molecule has 0 unspecified atom stereocenters. The lowest BCUT2D eigenvalue weighted by Gasteiger charge is -2.23. The Bertz CT molecular complexity index is 108. The summed E-state index contributed by atoms with van der Waals surface area (Å²) in [5.74, 6) is 0.920. The predicted octanol–water partition coefficient (Wildman–Crippen LogP) is 2.35. The third-order valence-electron chi connectivity index (χ3n) is 2.88. The first-order chi connectivity index (χ1) is 4.86.